The summed E-state index contributed by atoms with van der Waals surface area (Å²) in [4.78, 5) is 27.7. The van der Waals surface area contributed by atoms with Crippen molar-refractivity contribution in [1.29, 1.82) is 0 Å². The molecule has 6 nitrogen and oxygen atoms in total. The summed E-state index contributed by atoms with van der Waals surface area (Å²) in [5.41, 5.74) is 3.34. The third kappa shape index (κ3) is 4.32. The summed E-state index contributed by atoms with van der Waals surface area (Å²) in [5.74, 6) is 0.180. The highest BCUT2D eigenvalue weighted by Gasteiger charge is 2.32. The molecular formula is C22H27ClN4O2. The lowest BCUT2D eigenvalue weighted by atomic mass is 9.87. The zero-order chi connectivity index (χ0) is 20.4. The Morgan fingerprint density at radius 2 is 1.90 bits per heavy atom. The molecular weight excluding hydrogens is 388 g/mol. The number of hydrogen-bond donors (Lipinski definition) is 1. The lowest BCUT2D eigenvalue weighted by Gasteiger charge is -2.32. The minimum Gasteiger partial charge on any atom is -0.347 e. The van der Waals surface area contributed by atoms with Crippen molar-refractivity contribution in [2.45, 2.75) is 51.6 Å². The van der Waals surface area contributed by atoms with Gasteiger partial charge in [-0.15, -0.1) is 0 Å². The normalized spacial score (nSPS) is 17.1. The fraction of sp³-hybridized carbons (Fsp3) is 0.500. The highest BCUT2D eigenvalue weighted by Crippen LogP contribution is 2.29. The third-order valence-electron chi connectivity index (χ3n) is 6.09. The molecule has 1 aliphatic carbocycles. The van der Waals surface area contributed by atoms with Crippen molar-refractivity contribution in [2.75, 3.05) is 6.54 Å². The van der Waals surface area contributed by atoms with Crippen LogP contribution in [0.2, 0.25) is 5.02 Å². The van der Waals surface area contributed by atoms with Gasteiger partial charge in [-0.05, 0) is 30.5 Å². The maximum absolute atomic E-state index is 13.0. The van der Waals surface area contributed by atoms with Crippen LogP contribution in [0.5, 0.6) is 0 Å². The second kappa shape index (κ2) is 8.57. The Balaban J connectivity index is 1.46. The molecule has 4 rings (SSSR count). The molecule has 1 fully saturated rings. The molecule has 0 unspecified atom stereocenters. The number of fused-ring (bicyclic) bond motifs is 1. The molecule has 1 aromatic carbocycles. The first-order valence-corrected chi connectivity index (χ1v) is 10.8. The van der Waals surface area contributed by atoms with Crippen LogP contribution in [0.4, 0.5) is 0 Å². The van der Waals surface area contributed by atoms with Gasteiger partial charge in [-0.3, -0.25) is 14.3 Å². The molecule has 7 heteroatoms. The van der Waals surface area contributed by atoms with Gasteiger partial charge in [-0.25, -0.2) is 0 Å². The first-order chi connectivity index (χ1) is 14.0. The number of aromatic nitrogens is 2. The Labute approximate surface area is 176 Å². The van der Waals surface area contributed by atoms with E-state index in [0.717, 1.165) is 48.9 Å². The van der Waals surface area contributed by atoms with Crippen LogP contribution >= 0.6 is 11.6 Å². The van der Waals surface area contributed by atoms with Gasteiger partial charge in [-0.2, -0.15) is 5.10 Å². The number of aryl methyl sites for hydroxylation is 1. The number of carbonyl (C=O) groups excluding carboxylic acids is 2. The summed E-state index contributed by atoms with van der Waals surface area (Å²) < 4.78 is 1.79. The van der Waals surface area contributed by atoms with E-state index in [4.69, 9.17) is 11.6 Å². The molecule has 154 valence electrons. The van der Waals surface area contributed by atoms with E-state index in [0.29, 0.717) is 30.4 Å². The molecule has 1 N–H and O–H groups in total. The molecule has 0 radical (unpaired) electrons. The zero-order valence-electron chi connectivity index (χ0n) is 16.8. The van der Waals surface area contributed by atoms with Crippen molar-refractivity contribution in [3.8, 4) is 0 Å². The van der Waals surface area contributed by atoms with Crippen LogP contribution in [0.3, 0.4) is 0 Å². The van der Waals surface area contributed by atoms with Gasteiger partial charge in [0.2, 0.25) is 5.91 Å². The zero-order valence-corrected chi connectivity index (χ0v) is 17.5. The number of rotatable bonds is 4. The summed E-state index contributed by atoms with van der Waals surface area (Å²) in [7, 11) is 1.87. The average molecular weight is 415 g/mol. The molecule has 29 heavy (non-hydrogen) atoms. The Hall–Kier alpha value is -2.34. The summed E-state index contributed by atoms with van der Waals surface area (Å²) >= 11 is 5.92. The fourth-order valence-electron chi connectivity index (χ4n) is 4.44. The Morgan fingerprint density at radius 3 is 2.62 bits per heavy atom. The molecule has 1 saturated carbocycles. The van der Waals surface area contributed by atoms with Gasteiger partial charge >= 0.3 is 0 Å². The van der Waals surface area contributed by atoms with Gasteiger partial charge in [0.1, 0.15) is 0 Å². The summed E-state index contributed by atoms with van der Waals surface area (Å²) in [6.07, 6.45) is 6.23. The van der Waals surface area contributed by atoms with E-state index >= 15 is 0 Å². The molecule has 0 atom stereocenters. The highest BCUT2D eigenvalue weighted by atomic mass is 35.5. The number of hydrogen-bond acceptors (Lipinski definition) is 3. The van der Waals surface area contributed by atoms with Gasteiger partial charge in [0.05, 0.1) is 0 Å². The van der Waals surface area contributed by atoms with Crippen LogP contribution in [0.25, 0.3) is 0 Å². The van der Waals surface area contributed by atoms with E-state index in [9.17, 15) is 9.59 Å². The van der Waals surface area contributed by atoms with Gasteiger partial charge in [0.15, 0.2) is 5.69 Å². The average Bonchev–Trinajstić information content (AvgIpc) is 3.09. The predicted octanol–water partition coefficient (Wildman–Crippen LogP) is 3.47. The van der Waals surface area contributed by atoms with Crippen molar-refractivity contribution in [2.24, 2.45) is 13.0 Å². The lowest BCUT2D eigenvalue weighted by molar-refractivity contribution is -0.137. The standard InChI is InChI=1S/C22H27ClN4O2/c1-26-19-11-12-27(22(29)16-5-3-2-4-6-16)14-18(19)20(25-26)21(28)24-13-15-7-9-17(23)10-8-15/h7-10,16H,2-6,11-14H2,1H3,(H,24,28). The monoisotopic (exact) mass is 414 g/mol. The van der Waals surface area contributed by atoms with E-state index < -0.39 is 0 Å². The number of benzene rings is 1. The maximum Gasteiger partial charge on any atom is 0.272 e. The molecule has 2 aromatic rings. The van der Waals surface area contributed by atoms with Crippen LogP contribution in [0, 0.1) is 5.92 Å². The quantitative estimate of drug-likeness (QED) is 0.832. The fourth-order valence-corrected chi connectivity index (χ4v) is 4.56. The summed E-state index contributed by atoms with van der Waals surface area (Å²) in [5, 5.41) is 8.08. The van der Waals surface area contributed by atoms with Crippen molar-refractivity contribution < 1.29 is 9.59 Å². The van der Waals surface area contributed by atoms with E-state index in [1.165, 1.54) is 6.42 Å². The van der Waals surface area contributed by atoms with Gasteiger partial charge < -0.3 is 10.2 Å². The molecule has 2 heterocycles. The van der Waals surface area contributed by atoms with Crippen molar-refractivity contribution >= 4 is 23.4 Å². The van der Waals surface area contributed by atoms with Crippen molar-refractivity contribution in [3.05, 3.63) is 51.8 Å². The van der Waals surface area contributed by atoms with E-state index in [1.807, 2.05) is 24.1 Å². The van der Waals surface area contributed by atoms with Crippen LogP contribution < -0.4 is 5.32 Å². The maximum atomic E-state index is 13.0. The van der Waals surface area contributed by atoms with E-state index in [-0.39, 0.29) is 17.7 Å². The number of halogens is 1. The SMILES string of the molecule is Cn1nc(C(=O)NCc2ccc(Cl)cc2)c2c1CCN(C(=O)C1CCCCC1)C2. The highest BCUT2D eigenvalue weighted by molar-refractivity contribution is 6.30. The number of carbonyl (C=O) groups is 2. The van der Waals surface area contributed by atoms with Crippen molar-refractivity contribution in [3.63, 3.8) is 0 Å². The molecule has 2 amide bonds. The second-order valence-corrected chi connectivity index (χ2v) is 8.49. The minimum absolute atomic E-state index is 0.143. The topological polar surface area (TPSA) is 67.2 Å². The lowest BCUT2D eigenvalue weighted by Crippen LogP contribution is -2.41. The molecule has 1 aliphatic heterocycles. The molecule has 0 bridgehead atoms. The number of amides is 2. The Bertz CT molecular complexity index is 900. The van der Waals surface area contributed by atoms with Gasteiger partial charge in [0, 0.05) is 55.3 Å². The largest absolute Gasteiger partial charge is 0.347 e. The first-order valence-electron chi connectivity index (χ1n) is 10.4. The Morgan fingerprint density at radius 1 is 1.17 bits per heavy atom. The van der Waals surface area contributed by atoms with E-state index in [2.05, 4.69) is 10.4 Å². The molecule has 0 spiro atoms. The number of nitrogens with zero attached hydrogens (tertiary/aromatic N) is 3. The molecule has 2 aliphatic rings. The summed E-state index contributed by atoms with van der Waals surface area (Å²) in [6.45, 7) is 1.59. The van der Waals surface area contributed by atoms with Crippen molar-refractivity contribution in [1.82, 2.24) is 20.0 Å². The summed E-state index contributed by atoms with van der Waals surface area (Å²) in [6, 6.07) is 7.39. The third-order valence-corrected chi connectivity index (χ3v) is 6.34. The Kier molecular flexibility index (Phi) is 5.90. The van der Waals surface area contributed by atoms with E-state index in [1.54, 1.807) is 16.8 Å². The smallest absolute Gasteiger partial charge is 0.272 e. The van der Waals surface area contributed by atoms with Crippen LogP contribution in [0.15, 0.2) is 24.3 Å². The predicted molar refractivity (Wildman–Crippen MR) is 112 cm³/mol. The van der Waals surface area contributed by atoms with Crippen LogP contribution in [0.1, 0.15) is 59.4 Å². The number of nitrogens with one attached hydrogen (secondary N) is 1. The minimum atomic E-state index is -0.205. The van der Waals surface area contributed by atoms with Crippen LogP contribution in [-0.4, -0.2) is 33.0 Å². The molecule has 1 aromatic heterocycles. The van der Waals surface area contributed by atoms with Gasteiger partial charge in [0.25, 0.3) is 5.91 Å². The second-order valence-electron chi connectivity index (χ2n) is 8.05. The molecule has 0 saturated heterocycles. The first kappa shape index (κ1) is 20.0. The van der Waals surface area contributed by atoms with Crippen LogP contribution in [-0.2, 0) is 31.4 Å². The van der Waals surface area contributed by atoms with Gasteiger partial charge in [-0.1, -0.05) is 43.0 Å².